The van der Waals surface area contributed by atoms with Crippen LogP contribution in [0.3, 0.4) is 0 Å². The summed E-state index contributed by atoms with van der Waals surface area (Å²) < 4.78 is 51.8. The van der Waals surface area contributed by atoms with Gasteiger partial charge in [0.1, 0.15) is 5.82 Å². The summed E-state index contributed by atoms with van der Waals surface area (Å²) >= 11 is 0. The maximum absolute atomic E-state index is 14.3. The Morgan fingerprint density at radius 1 is 1.08 bits per heavy atom. The standard InChI is InChI=1S/C18H13F4NO/c19-15-9-13(17(10-23)7-8-17)5-6-14(15)11-1-3-12(4-2-11)16(24)18(20,21)22/h1-6,9,16,24H,7-8H2. The average Bonchev–Trinajstić information content (AvgIpc) is 3.35. The van der Waals surface area contributed by atoms with E-state index in [9.17, 15) is 22.7 Å². The molecule has 1 saturated carbocycles. The van der Waals surface area contributed by atoms with E-state index in [4.69, 9.17) is 5.26 Å². The number of rotatable bonds is 3. The zero-order valence-electron chi connectivity index (χ0n) is 12.4. The number of nitrogens with zero attached hydrogens (tertiary/aromatic N) is 1. The van der Waals surface area contributed by atoms with Crippen molar-refractivity contribution in [2.45, 2.75) is 30.5 Å². The number of halogens is 4. The van der Waals surface area contributed by atoms with Gasteiger partial charge in [-0.25, -0.2) is 4.39 Å². The lowest BCUT2D eigenvalue weighted by molar-refractivity contribution is -0.206. The molecular weight excluding hydrogens is 322 g/mol. The van der Waals surface area contributed by atoms with Crippen molar-refractivity contribution in [1.29, 1.82) is 5.26 Å². The molecule has 0 saturated heterocycles. The van der Waals surface area contributed by atoms with Crippen LogP contribution >= 0.6 is 0 Å². The van der Waals surface area contributed by atoms with Gasteiger partial charge in [0.2, 0.25) is 0 Å². The molecule has 2 nitrogen and oxygen atoms in total. The molecule has 0 amide bonds. The van der Waals surface area contributed by atoms with Crippen molar-refractivity contribution >= 4 is 0 Å². The van der Waals surface area contributed by atoms with Crippen LogP contribution in [0.4, 0.5) is 17.6 Å². The van der Waals surface area contributed by atoms with Gasteiger partial charge in [-0.1, -0.05) is 36.4 Å². The lowest BCUT2D eigenvalue weighted by Gasteiger charge is -2.15. The van der Waals surface area contributed by atoms with Crippen molar-refractivity contribution in [1.82, 2.24) is 0 Å². The molecule has 0 radical (unpaired) electrons. The number of aliphatic hydroxyl groups is 1. The second kappa shape index (κ2) is 5.60. The minimum Gasteiger partial charge on any atom is -0.379 e. The summed E-state index contributed by atoms with van der Waals surface area (Å²) in [6.45, 7) is 0. The van der Waals surface area contributed by atoms with E-state index in [-0.39, 0.29) is 11.1 Å². The van der Waals surface area contributed by atoms with Gasteiger partial charge in [0.25, 0.3) is 0 Å². The molecule has 1 fully saturated rings. The minimum atomic E-state index is -4.75. The summed E-state index contributed by atoms with van der Waals surface area (Å²) in [5.74, 6) is -0.529. The summed E-state index contributed by atoms with van der Waals surface area (Å²) in [4.78, 5) is 0. The number of hydrogen-bond donors (Lipinski definition) is 1. The molecule has 1 atom stereocenters. The molecule has 124 valence electrons. The summed E-state index contributed by atoms with van der Waals surface area (Å²) in [7, 11) is 0. The maximum Gasteiger partial charge on any atom is 0.418 e. The molecule has 0 bridgehead atoms. The van der Waals surface area contributed by atoms with Crippen molar-refractivity contribution in [3.05, 3.63) is 59.4 Å². The van der Waals surface area contributed by atoms with E-state index in [2.05, 4.69) is 6.07 Å². The lowest BCUT2D eigenvalue weighted by Crippen LogP contribution is -2.19. The molecule has 0 heterocycles. The molecule has 1 unspecified atom stereocenters. The zero-order valence-corrected chi connectivity index (χ0v) is 12.4. The topological polar surface area (TPSA) is 44.0 Å². The first-order valence-electron chi connectivity index (χ1n) is 7.33. The number of alkyl halides is 3. The van der Waals surface area contributed by atoms with Crippen LogP contribution in [0.1, 0.15) is 30.1 Å². The van der Waals surface area contributed by atoms with Crippen LogP contribution in [0.25, 0.3) is 11.1 Å². The normalized spacial score (nSPS) is 17.2. The Bertz CT molecular complexity index is 801. The SMILES string of the molecule is N#CC1(c2ccc(-c3ccc(C(O)C(F)(F)F)cc3)c(F)c2)CC1. The van der Waals surface area contributed by atoms with Crippen LogP contribution in [-0.2, 0) is 5.41 Å². The molecule has 2 aromatic carbocycles. The largest absolute Gasteiger partial charge is 0.418 e. The molecule has 1 aliphatic carbocycles. The van der Waals surface area contributed by atoms with Crippen molar-refractivity contribution in [2.24, 2.45) is 0 Å². The molecule has 0 spiro atoms. The summed E-state index contributed by atoms with van der Waals surface area (Å²) in [5, 5.41) is 18.4. The van der Waals surface area contributed by atoms with Crippen molar-refractivity contribution in [2.75, 3.05) is 0 Å². The van der Waals surface area contributed by atoms with Crippen molar-refractivity contribution < 1.29 is 22.7 Å². The molecule has 1 aliphatic rings. The van der Waals surface area contributed by atoms with E-state index in [0.717, 1.165) is 12.1 Å². The second-order valence-electron chi connectivity index (χ2n) is 5.95. The van der Waals surface area contributed by atoms with Gasteiger partial charge in [0.05, 0.1) is 11.5 Å². The fourth-order valence-corrected chi connectivity index (χ4v) is 2.67. The Morgan fingerprint density at radius 2 is 1.71 bits per heavy atom. The van der Waals surface area contributed by atoms with Gasteiger partial charge < -0.3 is 5.11 Å². The number of benzene rings is 2. The third-order valence-corrected chi connectivity index (χ3v) is 4.33. The molecule has 0 aliphatic heterocycles. The Hall–Kier alpha value is -2.39. The summed E-state index contributed by atoms with van der Waals surface area (Å²) in [5.41, 5.74) is 0.361. The highest BCUT2D eigenvalue weighted by Gasteiger charge is 2.45. The minimum absolute atomic E-state index is 0.237. The fourth-order valence-electron chi connectivity index (χ4n) is 2.67. The first-order chi connectivity index (χ1) is 11.3. The van der Waals surface area contributed by atoms with Crippen LogP contribution in [0.2, 0.25) is 0 Å². The second-order valence-corrected chi connectivity index (χ2v) is 5.95. The van der Waals surface area contributed by atoms with Gasteiger partial charge in [0, 0.05) is 5.56 Å². The van der Waals surface area contributed by atoms with E-state index in [1.54, 1.807) is 6.07 Å². The van der Waals surface area contributed by atoms with Crippen molar-refractivity contribution in [3.63, 3.8) is 0 Å². The quantitative estimate of drug-likeness (QED) is 0.830. The van der Waals surface area contributed by atoms with E-state index >= 15 is 0 Å². The zero-order chi connectivity index (χ0) is 17.5. The van der Waals surface area contributed by atoms with Crippen LogP contribution in [0.5, 0.6) is 0 Å². The highest BCUT2D eigenvalue weighted by Crippen LogP contribution is 2.48. The average molecular weight is 335 g/mol. The highest BCUT2D eigenvalue weighted by molar-refractivity contribution is 5.65. The third kappa shape index (κ3) is 2.87. The Kier molecular flexibility index (Phi) is 3.84. The Labute approximate surface area is 136 Å². The molecule has 24 heavy (non-hydrogen) atoms. The predicted octanol–water partition coefficient (Wildman–Crippen LogP) is 4.64. The van der Waals surface area contributed by atoms with E-state index < -0.39 is 23.5 Å². The van der Waals surface area contributed by atoms with E-state index in [1.165, 1.54) is 24.3 Å². The highest BCUT2D eigenvalue weighted by atomic mass is 19.4. The van der Waals surface area contributed by atoms with Crippen LogP contribution in [0, 0.1) is 17.1 Å². The summed E-state index contributed by atoms with van der Waals surface area (Å²) in [6.07, 6.45) is -5.91. The fraction of sp³-hybridized carbons (Fsp3) is 0.278. The van der Waals surface area contributed by atoms with Gasteiger partial charge in [-0.05, 0) is 35.6 Å². The predicted molar refractivity (Wildman–Crippen MR) is 79.4 cm³/mol. The van der Waals surface area contributed by atoms with Crippen LogP contribution < -0.4 is 0 Å². The Balaban J connectivity index is 1.89. The van der Waals surface area contributed by atoms with E-state index in [1.807, 2.05) is 0 Å². The molecule has 0 aromatic heterocycles. The van der Waals surface area contributed by atoms with Gasteiger partial charge in [-0.3, -0.25) is 0 Å². The Morgan fingerprint density at radius 3 is 2.17 bits per heavy atom. The van der Waals surface area contributed by atoms with Crippen molar-refractivity contribution in [3.8, 4) is 17.2 Å². The van der Waals surface area contributed by atoms with Crippen LogP contribution in [-0.4, -0.2) is 11.3 Å². The van der Waals surface area contributed by atoms with Gasteiger partial charge in [-0.2, -0.15) is 18.4 Å². The lowest BCUT2D eigenvalue weighted by atomic mass is 9.94. The molecular formula is C18H13F4NO. The monoisotopic (exact) mass is 335 g/mol. The van der Waals surface area contributed by atoms with Gasteiger partial charge in [0.15, 0.2) is 6.10 Å². The number of hydrogen-bond acceptors (Lipinski definition) is 2. The van der Waals surface area contributed by atoms with E-state index in [0.29, 0.717) is 24.0 Å². The first kappa shape index (κ1) is 16.5. The first-order valence-corrected chi connectivity index (χ1v) is 7.33. The van der Waals surface area contributed by atoms with Gasteiger partial charge in [-0.15, -0.1) is 0 Å². The smallest absolute Gasteiger partial charge is 0.379 e. The number of aliphatic hydroxyl groups excluding tert-OH is 1. The molecule has 1 N–H and O–H groups in total. The van der Waals surface area contributed by atoms with Crippen LogP contribution in [0.15, 0.2) is 42.5 Å². The summed E-state index contributed by atoms with van der Waals surface area (Å²) in [6, 6.07) is 11.6. The number of nitriles is 1. The molecule has 6 heteroatoms. The maximum atomic E-state index is 14.3. The molecule has 2 aromatic rings. The third-order valence-electron chi connectivity index (χ3n) is 4.33. The van der Waals surface area contributed by atoms with Gasteiger partial charge >= 0.3 is 6.18 Å². The molecule has 3 rings (SSSR count).